The maximum atomic E-state index is 3.53. The number of benzene rings is 1. The van der Waals surface area contributed by atoms with Gasteiger partial charge in [-0.1, -0.05) is 29.8 Å². The Labute approximate surface area is 92.9 Å². The molecule has 0 aromatic heterocycles. The molecule has 0 amide bonds. The summed E-state index contributed by atoms with van der Waals surface area (Å²) >= 11 is 0. The van der Waals surface area contributed by atoms with Gasteiger partial charge in [-0.15, -0.1) is 0 Å². The molecule has 0 unspecified atom stereocenters. The summed E-state index contributed by atoms with van der Waals surface area (Å²) in [5, 5.41) is 3.53. The molecule has 0 bridgehead atoms. The maximum Gasteiger partial charge on any atom is -0.00205 e. The number of hydrogen-bond donors (Lipinski definition) is 1. The predicted molar refractivity (Wildman–Crippen MR) is 65.1 cm³/mol. The lowest BCUT2D eigenvalue weighted by Gasteiger charge is -2.04. The van der Waals surface area contributed by atoms with E-state index < -0.39 is 0 Å². The maximum absolute atomic E-state index is 3.53. The molecule has 0 saturated heterocycles. The summed E-state index contributed by atoms with van der Waals surface area (Å²) in [5.74, 6) is 1.00. The first kappa shape index (κ1) is 10.7. The van der Waals surface area contributed by atoms with Crippen LogP contribution in [0.25, 0.3) is 0 Å². The quantitative estimate of drug-likeness (QED) is 0.701. The van der Waals surface area contributed by atoms with Crippen LogP contribution in [-0.2, 0) is 6.42 Å². The summed E-state index contributed by atoms with van der Waals surface area (Å²) < 4.78 is 0. The molecular weight excluding hydrogens is 182 g/mol. The standard InChI is InChI=1S/C14H21N/c1-12-4-6-13(7-5-12)3-2-10-15-11-14-8-9-14/h4-7,14-15H,2-3,8-11H2,1H3. The van der Waals surface area contributed by atoms with Crippen molar-refractivity contribution in [2.45, 2.75) is 32.6 Å². The molecule has 1 nitrogen and oxygen atoms in total. The highest BCUT2D eigenvalue weighted by atomic mass is 14.9. The van der Waals surface area contributed by atoms with E-state index in [-0.39, 0.29) is 0 Å². The molecule has 1 fully saturated rings. The van der Waals surface area contributed by atoms with Crippen molar-refractivity contribution >= 4 is 0 Å². The van der Waals surface area contributed by atoms with Crippen LogP contribution in [0.1, 0.15) is 30.4 Å². The Morgan fingerprint density at radius 1 is 1.20 bits per heavy atom. The zero-order valence-corrected chi connectivity index (χ0v) is 9.63. The van der Waals surface area contributed by atoms with Crippen molar-refractivity contribution in [3.8, 4) is 0 Å². The number of nitrogens with one attached hydrogen (secondary N) is 1. The van der Waals surface area contributed by atoms with Gasteiger partial charge in [0.25, 0.3) is 0 Å². The van der Waals surface area contributed by atoms with E-state index >= 15 is 0 Å². The predicted octanol–water partition coefficient (Wildman–Crippen LogP) is 2.93. The van der Waals surface area contributed by atoms with Crippen LogP contribution in [0.3, 0.4) is 0 Å². The lowest BCUT2D eigenvalue weighted by Crippen LogP contribution is -2.18. The van der Waals surface area contributed by atoms with Gasteiger partial charge in [0.15, 0.2) is 0 Å². The van der Waals surface area contributed by atoms with Crippen molar-refractivity contribution in [3.63, 3.8) is 0 Å². The smallest absolute Gasteiger partial charge is 0.00205 e. The Morgan fingerprint density at radius 3 is 2.60 bits per heavy atom. The molecule has 0 radical (unpaired) electrons. The SMILES string of the molecule is Cc1ccc(CCCNCC2CC2)cc1. The van der Waals surface area contributed by atoms with Gasteiger partial charge < -0.3 is 5.32 Å². The summed E-state index contributed by atoms with van der Waals surface area (Å²) in [4.78, 5) is 0. The minimum absolute atomic E-state index is 1.00. The van der Waals surface area contributed by atoms with Gasteiger partial charge in [-0.3, -0.25) is 0 Å². The second-order valence-electron chi connectivity index (χ2n) is 4.74. The van der Waals surface area contributed by atoms with E-state index in [1.165, 1.54) is 49.9 Å². The molecule has 82 valence electrons. The highest BCUT2D eigenvalue weighted by molar-refractivity contribution is 5.21. The van der Waals surface area contributed by atoms with Crippen molar-refractivity contribution in [2.24, 2.45) is 5.92 Å². The summed E-state index contributed by atoms with van der Waals surface area (Å²) in [5.41, 5.74) is 2.82. The number of aryl methyl sites for hydroxylation is 2. The Kier molecular flexibility index (Phi) is 3.79. The van der Waals surface area contributed by atoms with Crippen LogP contribution in [0, 0.1) is 12.8 Å². The van der Waals surface area contributed by atoms with E-state index in [2.05, 4.69) is 36.5 Å². The van der Waals surface area contributed by atoms with E-state index in [9.17, 15) is 0 Å². The Hall–Kier alpha value is -0.820. The minimum Gasteiger partial charge on any atom is -0.316 e. The van der Waals surface area contributed by atoms with Gasteiger partial charge >= 0.3 is 0 Å². The fraction of sp³-hybridized carbons (Fsp3) is 0.571. The minimum atomic E-state index is 1.00. The first-order valence-corrected chi connectivity index (χ1v) is 6.11. The molecule has 0 atom stereocenters. The summed E-state index contributed by atoms with van der Waals surface area (Å²) in [6.45, 7) is 4.55. The number of hydrogen-bond acceptors (Lipinski definition) is 1. The normalized spacial score (nSPS) is 15.5. The Morgan fingerprint density at radius 2 is 1.93 bits per heavy atom. The van der Waals surface area contributed by atoms with Gasteiger partial charge in [0.1, 0.15) is 0 Å². The Balaban J connectivity index is 1.58. The third-order valence-corrected chi connectivity index (χ3v) is 3.07. The van der Waals surface area contributed by atoms with Crippen LogP contribution in [0.4, 0.5) is 0 Å². The monoisotopic (exact) mass is 203 g/mol. The van der Waals surface area contributed by atoms with E-state index in [1.54, 1.807) is 0 Å². The van der Waals surface area contributed by atoms with Crippen molar-refractivity contribution in [3.05, 3.63) is 35.4 Å². The van der Waals surface area contributed by atoms with Crippen LogP contribution in [0.15, 0.2) is 24.3 Å². The topological polar surface area (TPSA) is 12.0 Å². The Bertz CT molecular complexity index is 285. The molecule has 0 aliphatic heterocycles. The molecule has 1 aliphatic rings. The lowest BCUT2D eigenvalue weighted by atomic mass is 10.1. The van der Waals surface area contributed by atoms with Crippen LogP contribution in [0.5, 0.6) is 0 Å². The molecule has 1 N–H and O–H groups in total. The number of rotatable bonds is 6. The molecule has 1 saturated carbocycles. The van der Waals surface area contributed by atoms with Gasteiger partial charge in [0.2, 0.25) is 0 Å². The third-order valence-electron chi connectivity index (χ3n) is 3.07. The van der Waals surface area contributed by atoms with E-state index in [0.717, 1.165) is 5.92 Å². The van der Waals surface area contributed by atoms with Crippen LogP contribution in [0.2, 0.25) is 0 Å². The van der Waals surface area contributed by atoms with Gasteiger partial charge in [0.05, 0.1) is 0 Å². The van der Waals surface area contributed by atoms with E-state index in [1.807, 2.05) is 0 Å². The van der Waals surface area contributed by atoms with Crippen molar-refractivity contribution in [1.82, 2.24) is 5.32 Å². The van der Waals surface area contributed by atoms with Crippen LogP contribution >= 0.6 is 0 Å². The fourth-order valence-corrected chi connectivity index (χ4v) is 1.80. The highest BCUT2D eigenvalue weighted by Crippen LogP contribution is 2.27. The van der Waals surface area contributed by atoms with E-state index in [0.29, 0.717) is 0 Å². The first-order chi connectivity index (χ1) is 7.34. The zero-order valence-electron chi connectivity index (χ0n) is 9.63. The molecular formula is C14H21N. The van der Waals surface area contributed by atoms with Gasteiger partial charge in [-0.25, -0.2) is 0 Å². The van der Waals surface area contributed by atoms with E-state index in [4.69, 9.17) is 0 Å². The first-order valence-electron chi connectivity index (χ1n) is 6.11. The fourth-order valence-electron chi connectivity index (χ4n) is 1.80. The molecule has 1 heteroatoms. The molecule has 2 rings (SSSR count). The molecule has 15 heavy (non-hydrogen) atoms. The zero-order chi connectivity index (χ0) is 10.5. The largest absolute Gasteiger partial charge is 0.316 e. The van der Waals surface area contributed by atoms with Crippen molar-refractivity contribution in [1.29, 1.82) is 0 Å². The van der Waals surface area contributed by atoms with Crippen LogP contribution in [-0.4, -0.2) is 13.1 Å². The highest BCUT2D eigenvalue weighted by Gasteiger charge is 2.19. The molecule has 1 aliphatic carbocycles. The van der Waals surface area contributed by atoms with Gasteiger partial charge in [-0.2, -0.15) is 0 Å². The molecule has 0 spiro atoms. The second-order valence-corrected chi connectivity index (χ2v) is 4.74. The van der Waals surface area contributed by atoms with Crippen molar-refractivity contribution < 1.29 is 0 Å². The van der Waals surface area contributed by atoms with Gasteiger partial charge in [-0.05, 0) is 57.2 Å². The molecule has 0 heterocycles. The second kappa shape index (κ2) is 5.32. The third kappa shape index (κ3) is 4.05. The molecule has 1 aromatic rings. The average Bonchev–Trinajstić information content (AvgIpc) is 3.04. The molecule has 1 aromatic carbocycles. The summed E-state index contributed by atoms with van der Waals surface area (Å²) in [6.07, 6.45) is 5.36. The lowest BCUT2D eigenvalue weighted by molar-refractivity contribution is 0.613. The van der Waals surface area contributed by atoms with Crippen molar-refractivity contribution in [2.75, 3.05) is 13.1 Å². The van der Waals surface area contributed by atoms with Crippen LogP contribution < -0.4 is 5.32 Å². The van der Waals surface area contributed by atoms with Gasteiger partial charge in [0, 0.05) is 0 Å². The summed E-state index contributed by atoms with van der Waals surface area (Å²) in [6, 6.07) is 8.90. The average molecular weight is 203 g/mol. The summed E-state index contributed by atoms with van der Waals surface area (Å²) in [7, 11) is 0.